The molecule has 0 unspecified atom stereocenters. The largest absolute Gasteiger partial charge is 0.573 e. The first-order valence-electron chi connectivity index (χ1n) is 3.77. The van der Waals surface area contributed by atoms with E-state index in [1.54, 1.807) is 0 Å². The summed E-state index contributed by atoms with van der Waals surface area (Å²) in [7, 11) is 0. The molecule has 0 aliphatic heterocycles. The molecule has 0 radical (unpaired) electrons. The van der Waals surface area contributed by atoms with E-state index in [9.17, 15) is 17.7 Å². The van der Waals surface area contributed by atoms with Gasteiger partial charge in [0.2, 0.25) is 0 Å². The maximum atomic E-state index is 11.9. The summed E-state index contributed by atoms with van der Waals surface area (Å²) in [5.74, 6) is -0.636. The Morgan fingerprint density at radius 2 is 1.81 bits per heavy atom. The summed E-state index contributed by atoms with van der Waals surface area (Å²) in [5.41, 5.74) is 0. The third kappa shape index (κ3) is 4.89. The molecule has 0 fully saturated rings. The van der Waals surface area contributed by atoms with Gasteiger partial charge in [-0.3, -0.25) is 0 Å². The zero-order chi connectivity index (χ0) is 12.4. The van der Waals surface area contributed by atoms with E-state index in [1.807, 2.05) is 0 Å². The van der Waals surface area contributed by atoms with Gasteiger partial charge in [-0.25, -0.2) is 4.57 Å². The number of halogens is 3. The van der Waals surface area contributed by atoms with Crippen molar-refractivity contribution in [2.45, 2.75) is 11.3 Å². The molecule has 9 heteroatoms. The van der Waals surface area contributed by atoms with Gasteiger partial charge in [0.05, 0.1) is 4.90 Å². The van der Waals surface area contributed by atoms with Gasteiger partial charge in [-0.2, -0.15) is 0 Å². The average Bonchev–Trinajstić information content (AvgIpc) is 2.03. The number of hydrogen-bond donors (Lipinski definition) is 2. The Balaban J connectivity index is 2.97. The van der Waals surface area contributed by atoms with Crippen LogP contribution in [0.2, 0.25) is 0 Å². The van der Waals surface area contributed by atoms with Gasteiger partial charge in [0.15, 0.2) is 0 Å². The molecule has 2 N–H and O–H groups in total. The number of hydrogen-bond acceptors (Lipinski definition) is 3. The highest BCUT2D eigenvalue weighted by atomic mass is 32.7. The highest BCUT2D eigenvalue weighted by Gasteiger charge is 2.32. The molecular formula is C7H6F3O4PS. The topological polar surface area (TPSA) is 66.8 Å². The van der Waals surface area contributed by atoms with Gasteiger partial charge >= 0.3 is 13.2 Å². The molecule has 0 spiro atoms. The van der Waals surface area contributed by atoms with E-state index in [0.717, 1.165) is 12.1 Å². The minimum absolute atomic E-state index is 0.00972. The van der Waals surface area contributed by atoms with Gasteiger partial charge < -0.3 is 14.5 Å². The number of para-hydroxylation sites is 1. The third-order valence-electron chi connectivity index (χ3n) is 1.29. The smallest absolute Gasteiger partial charge is 0.405 e. The molecule has 0 bridgehead atoms. The molecule has 16 heavy (non-hydrogen) atoms. The lowest BCUT2D eigenvalue weighted by atomic mass is 10.3. The Labute approximate surface area is 92.3 Å². The summed E-state index contributed by atoms with van der Waals surface area (Å²) < 4.78 is 50.0. The van der Waals surface area contributed by atoms with Crippen LogP contribution in [0, 0.1) is 0 Å². The van der Waals surface area contributed by atoms with Crippen molar-refractivity contribution in [1.82, 2.24) is 0 Å². The van der Waals surface area contributed by atoms with E-state index in [-0.39, 0.29) is 16.3 Å². The Morgan fingerprint density at radius 1 is 1.25 bits per heavy atom. The van der Waals surface area contributed by atoms with Crippen LogP contribution in [0.15, 0.2) is 29.2 Å². The molecule has 0 aliphatic rings. The lowest BCUT2D eigenvalue weighted by Gasteiger charge is -2.12. The van der Waals surface area contributed by atoms with Crippen molar-refractivity contribution in [1.29, 1.82) is 0 Å². The second-order valence-corrected chi connectivity index (χ2v) is 6.15. The minimum atomic E-state index is -4.90. The molecule has 0 atom stereocenters. The van der Waals surface area contributed by atoms with E-state index >= 15 is 0 Å². The molecule has 0 saturated carbocycles. The number of alkyl halides is 3. The lowest BCUT2D eigenvalue weighted by molar-refractivity contribution is -0.275. The van der Waals surface area contributed by atoms with E-state index in [2.05, 4.69) is 4.74 Å². The fourth-order valence-electron chi connectivity index (χ4n) is 0.863. The van der Waals surface area contributed by atoms with E-state index in [0.29, 0.717) is 0 Å². The lowest BCUT2D eigenvalue weighted by Crippen LogP contribution is -2.17. The van der Waals surface area contributed by atoms with Crippen molar-refractivity contribution in [3.8, 4) is 5.75 Å². The van der Waals surface area contributed by atoms with Crippen molar-refractivity contribution in [2.75, 3.05) is 0 Å². The number of rotatable bonds is 3. The second kappa shape index (κ2) is 4.67. The molecule has 0 heterocycles. The minimum Gasteiger partial charge on any atom is -0.405 e. The third-order valence-corrected chi connectivity index (χ3v) is 3.37. The van der Waals surface area contributed by atoms with Gasteiger partial charge in [-0.1, -0.05) is 12.1 Å². The standard InChI is InChI=1S/C7H6F3O4PS/c8-7(9,10)14-5-3-1-2-4-6(5)16-15(11,12)13/h1-4H,(H2,11,12,13). The first-order chi connectivity index (χ1) is 7.17. The summed E-state index contributed by atoms with van der Waals surface area (Å²) in [6, 6.07) is 4.72. The summed E-state index contributed by atoms with van der Waals surface area (Å²) >= 11 is 0.00972. The zero-order valence-corrected chi connectivity index (χ0v) is 9.22. The average molecular weight is 274 g/mol. The van der Waals surface area contributed by atoms with Gasteiger partial charge in [-0.05, 0) is 23.5 Å². The van der Waals surface area contributed by atoms with Crippen LogP contribution < -0.4 is 4.74 Å². The van der Waals surface area contributed by atoms with Crippen molar-refractivity contribution < 1.29 is 32.3 Å². The zero-order valence-electron chi connectivity index (χ0n) is 7.51. The molecular weight excluding hydrogens is 268 g/mol. The first-order valence-corrected chi connectivity index (χ1v) is 6.81. The summed E-state index contributed by atoms with van der Waals surface area (Å²) in [6.07, 6.45) is -4.90. The van der Waals surface area contributed by atoms with Crippen LogP contribution in [-0.4, -0.2) is 16.1 Å². The maximum Gasteiger partial charge on any atom is 0.573 e. The van der Waals surface area contributed by atoms with Crippen LogP contribution in [0.4, 0.5) is 13.2 Å². The number of ether oxygens (including phenoxy) is 1. The molecule has 0 amide bonds. The van der Waals surface area contributed by atoms with Crippen LogP contribution in [0.3, 0.4) is 0 Å². The fraction of sp³-hybridized carbons (Fsp3) is 0.143. The van der Waals surface area contributed by atoms with Crippen molar-refractivity contribution in [3.63, 3.8) is 0 Å². The predicted octanol–water partition coefficient (Wildman–Crippen LogP) is 2.77. The van der Waals surface area contributed by atoms with Crippen LogP contribution in [0.1, 0.15) is 0 Å². The molecule has 0 aromatic heterocycles. The summed E-state index contributed by atoms with van der Waals surface area (Å²) in [5, 5.41) is 0. The Hall–Kier alpha value is -0.690. The SMILES string of the molecule is O=P(O)(O)Sc1ccccc1OC(F)(F)F. The van der Waals surface area contributed by atoms with Crippen molar-refractivity contribution in [3.05, 3.63) is 24.3 Å². The summed E-state index contributed by atoms with van der Waals surface area (Å²) in [6.45, 7) is -4.51. The predicted molar refractivity (Wildman–Crippen MR) is 51.0 cm³/mol. The molecule has 0 aliphatic carbocycles. The van der Waals surface area contributed by atoms with Crippen LogP contribution in [-0.2, 0) is 4.57 Å². The number of benzene rings is 1. The normalized spacial score (nSPS) is 12.6. The van der Waals surface area contributed by atoms with Gasteiger partial charge in [0.25, 0.3) is 0 Å². The van der Waals surface area contributed by atoms with Crippen LogP contribution in [0.25, 0.3) is 0 Å². The van der Waals surface area contributed by atoms with E-state index in [4.69, 9.17) is 9.79 Å². The quantitative estimate of drug-likeness (QED) is 0.829. The van der Waals surface area contributed by atoms with Crippen molar-refractivity contribution >= 4 is 18.2 Å². The molecule has 1 aromatic carbocycles. The molecule has 0 saturated heterocycles. The van der Waals surface area contributed by atoms with Crippen molar-refractivity contribution in [2.24, 2.45) is 0 Å². The highest BCUT2D eigenvalue weighted by Crippen LogP contribution is 2.56. The molecule has 1 rings (SSSR count). The second-order valence-electron chi connectivity index (χ2n) is 2.58. The summed E-state index contributed by atoms with van der Waals surface area (Å²) in [4.78, 5) is 17.0. The Morgan fingerprint density at radius 3 is 2.31 bits per heavy atom. The maximum absolute atomic E-state index is 11.9. The molecule has 4 nitrogen and oxygen atoms in total. The van der Waals surface area contributed by atoms with Gasteiger partial charge in [0.1, 0.15) is 5.75 Å². The Kier molecular flexibility index (Phi) is 3.90. The first kappa shape index (κ1) is 13.4. The Bertz CT molecular complexity index is 416. The highest BCUT2D eigenvalue weighted by molar-refractivity contribution is 8.54. The molecule has 90 valence electrons. The van der Waals surface area contributed by atoms with E-state index < -0.39 is 18.9 Å². The monoisotopic (exact) mass is 274 g/mol. The van der Waals surface area contributed by atoms with Crippen LogP contribution >= 0.6 is 18.2 Å². The van der Waals surface area contributed by atoms with Gasteiger partial charge in [0, 0.05) is 0 Å². The fourth-order valence-corrected chi connectivity index (χ4v) is 2.68. The van der Waals surface area contributed by atoms with Crippen LogP contribution in [0.5, 0.6) is 5.75 Å². The van der Waals surface area contributed by atoms with E-state index in [1.165, 1.54) is 12.1 Å². The molecule has 1 aromatic rings. The van der Waals surface area contributed by atoms with Gasteiger partial charge in [-0.15, -0.1) is 13.2 Å².